The summed E-state index contributed by atoms with van der Waals surface area (Å²) in [6, 6.07) is 7.72. The maximum absolute atomic E-state index is 12.3. The second kappa shape index (κ2) is 6.59. The van der Waals surface area contributed by atoms with Crippen molar-refractivity contribution in [1.29, 1.82) is 0 Å². The minimum atomic E-state index is -3.08. The third kappa shape index (κ3) is 3.65. The number of rotatable bonds is 5. The highest BCUT2D eigenvalue weighted by molar-refractivity contribution is 7.90. The zero-order chi connectivity index (χ0) is 17.4. The molecule has 4 rings (SSSR count). The summed E-state index contributed by atoms with van der Waals surface area (Å²) >= 11 is 5.98. The highest BCUT2D eigenvalue weighted by atomic mass is 35.5. The average Bonchev–Trinajstić information content (AvgIpc) is 3.36. The van der Waals surface area contributed by atoms with Crippen LogP contribution in [0.4, 0.5) is 6.01 Å². The van der Waals surface area contributed by atoms with E-state index in [2.05, 4.69) is 15.5 Å². The number of nitrogens with one attached hydrogen (secondary N) is 1. The molecule has 1 saturated heterocycles. The number of halogens is 1. The largest absolute Gasteiger partial charge is 0.335 e. The summed E-state index contributed by atoms with van der Waals surface area (Å²) in [6.45, 7) is 1.07. The summed E-state index contributed by atoms with van der Waals surface area (Å²) in [5, 5.41) is 7.64. The SMILES string of the molecule is O=S(=O)(C1CC1)N1CCC(Nc2nc(-c3cccc(Cl)c3)no2)CC1. The van der Waals surface area contributed by atoms with Gasteiger partial charge in [-0.25, -0.2) is 12.7 Å². The first kappa shape index (κ1) is 16.8. The summed E-state index contributed by atoms with van der Waals surface area (Å²) in [7, 11) is -3.08. The van der Waals surface area contributed by atoms with E-state index >= 15 is 0 Å². The number of sulfonamides is 1. The third-order valence-electron chi connectivity index (χ3n) is 4.60. The Kier molecular flexibility index (Phi) is 4.43. The van der Waals surface area contributed by atoms with Gasteiger partial charge in [-0.1, -0.05) is 28.9 Å². The Balaban J connectivity index is 1.36. The molecule has 0 unspecified atom stereocenters. The molecule has 1 aromatic carbocycles. The Labute approximate surface area is 151 Å². The molecule has 1 aromatic heterocycles. The molecular weight excluding hydrogens is 364 g/mol. The second-order valence-corrected chi connectivity index (χ2v) is 9.14. The van der Waals surface area contributed by atoms with Crippen LogP contribution in [0.25, 0.3) is 11.4 Å². The number of nitrogens with zero attached hydrogens (tertiary/aromatic N) is 3. The number of hydrogen-bond donors (Lipinski definition) is 1. The lowest BCUT2D eigenvalue weighted by Crippen LogP contribution is -2.43. The van der Waals surface area contributed by atoms with Gasteiger partial charge in [-0.05, 0) is 37.8 Å². The zero-order valence-electron chi connectivity index (χ0n) is 13.6. The van der Waals surface area contributed by atoms with Crippen molar-refractivity contribution < 1.29 is 12.9 Å². The van der Waals surface area contributed by atoms with Gasteiger partial charge < -0.3 is 9.84 Å². The fraction of sp³-hybridized carbons (Fsp3) is 0.500. The molecule has 0 bridgehead atoms. The molecule has 134 valence electrons. The van der Waals surface area contributed by atoms with Crippen molar-refractivity contribution in [3.05, 3.63) is 29.3 Å². The van der Waals surface area contributed by atoms with Crippen LogP contribution in [0.1, 0.15) is 25.7 Å². The topological polar surface area (TPSA) is 88.3 Å². The van der Waals surface area contributed by atoms with Crippen molar-refractivity contribution in [3.63, 3.8) is 0 Å². The van der Waals surface area contributed by atoms with Gasteiger partial charge in [0.25, 0.3) is 0 Å². The Bertz CT molecular complexity index is 858. The van der Waals surface area contributed by atoms with Crippen LogP contribution >= 0.6 is 11.6 Å². The lowest BCUT2D eigenvalue weighted by molar-refractivity contribution is 0.323. The number of piperidine rings is 1. The maximum atomic E-state index is 12.3. The van der Waals surface area contributed by atoms with Gasteiger partial charge in [-0.3, -0.25) is 0 Å². The number of anilines is 1. The van der Waals surface area contributed by atoms with Gasteiger partial charge in [-0.15, -0.1) is 0 Å². The summed E-state index contributed by atoms with van der Waals surface area (Å²) in [4.78, 5) is 4.34. The monoisotopic (exact) mass is 382 g/mol. The van der Waals surface area contributed by atoms with Crippen LogP contribution in [0.3, 0.4) is 0 Å². The van der Waals surface area contributed by atoms with Crippen LogP contribution in [-0.4, -0.2) is 47.2 Å². The molecule has 0 spiro atoms. The van der Waals surface area contributed by atoms with Crippen molar-refractivity contribution in [2.24, 2.45) is 0 Å². The fourth-order valence-electron chi connectivity index (χ4n) is 3.03. The van der Waals surface area contributed by atoms with Crippen LogP contribution in [0.5, 0.6) is 0 Å². The Morgan fingerprint density at radius 2 is 1.96 bits per heavy atom. The van der Waals surface area contributed by atoms with Crippen LogP contribution in [0, 0.1) is 0 Å². The van der Waals surface area contributed by atoms with E-state index in [-0.39, 0.29) is 11.3 Å². The van der Waals surface area contributed by atoms with E-state index < -0.39 is 10.0 Å². The van der Waals surface area contributed by atoms with Crippen LogP contribution in [-0.2, 0) is 10.0 Å². The minimum absolute atomic E-state index is 0.123. The van der Waals surface area contributed by atoms with Gasteiger partial charge in [0.15, 0.2) is 0 Å². The maximum Gasteiger partial charge on any atom is 0.322 e. The number of aromatic nitrogens is 2. The zero-order valence-corrected chi connectivity index (χ0v) is 15.1. The molecule has 1 aliphatic carbocycles. The summed E-state index contributed by atoms with van der Waals surface area (Å²) < 4.78 is 31.4. The molecule has 7 nitrogen and oxygen atoms in total. The van der Waals surface area contributed by atoms with Crippen LogP contribution in [0.2, 0.25) is 5.02 Å². The molecule has 1 aliphatic heterocycles. The van der Waals surface area contributed by atoms with Gasteiger partial charge in [-0.2, -0.15) is 4.98 Å². The highest BCUT2D eigenvalue weighted by Crippen LogP contribution is 2.32. The highest BCUT2D eigenvalue weighted by Gasteiger charge is 2.41. The first-order valence-corrected chi connectivity index (χ1v) is 10.3. The molecule has 9 heteroatoms. The molecular formula is C16H19ClN4O3S. The Morgan fingerprint density at radius 1 is 1.20 bits per heavy atom. The summed E-state index contributed by atoms with van der Waals surface area (Å²) in [5.74, 6) is 0.471. The van der Waals surface area contributed by atoms with Crippen molar-refractivity contribution in [2.75, 3.05) is 18.4 Å². The summed E-state index contributed by atoms with van der Waals surface area (Å²) in [5.41, 5.74) is 0.787. The minimum Gasteiger partial charge on any atom is -0.335 e. The number of hydrogen-bond acceptors (Lipinski definition) is 6. The van der Waals surface area contributed by atoms with Gasteiger partial charge in [0, 0.05) is 29.7 Å². The van der Waals surface area contributed by atoms with Crippen molar-refractivity contribution in [2.45, 2.75) is 37.0 Å². The molecule has 1 N–H and O–H groups in total. The Morgan fingerprint density at radius 3 is 2.64 bits per heavy atom. The van der Waals surface area contributed by atoms with E-state index in [1.165, 1.54) is 0 Å². The molecule has 2 aliphatic rings. The predicted octanol–water partition coefficient (Wildman–Crippen LogP) is 2.76. The third-order valence-corrected chi connectivity index (χ3v) is 7.23. The standard InChI is InChI=1S/C16H19ClN4O3S/c17-12-3-1-2-11(10-12)15-19-16(24-20-15)18-13-6-8-21(9-7-13)25(22,23)14-4-5-14/h1-3,10,13-14H,4-9H2,(H,18,19,20). The predicted molar refractivity (Wildman–Crippen MR) is 94.9 cm³/mol. The first-order valence-electron chi connectivity index (χ1n) is 8.37. The van der Waals surface area contributed by atoms with E-state index in [9.17, 15) is 8.42 Å². The fourth-order valence-corrected chi connectivity index (χ4v) is 5.10. The van der Waals surface area contributed by atoms with E-state index in [4.69, 9.17) is 16.1 Å². The molecule has 0 radical (unpaired) electrons. The van der Waals surface area contributed by atoms with E-state index in [0.29, 0.717) is 30.0 Å². The van der Waals surface area contributed by atoms with Crippen molar-refractivity contribution in [1.82, 2.24) is 14.4 Å². The lowest BCUT2D eigenvalue weighted by Gasteiger charge is -2.31. The van der Waals surface area contributed by atoms with Crippen molar-refractivity contribution >= 4 is 27.6 Å². The molecule has 25 heavy (non-hydrogen) atoms. The van der Waals surface area contributed by atoms with E-state index in [0.717, 1.165) is 31.2 Å². The molecule has 2 heterocycles. The summed E-state index contributed by atoms with van der Waals surface area (Å²) in [6.07, 6.45) is 3.05. The van der Waals surface area contributed by atoms with Crippen molar-refractivity contribution in [3.8, 4) is 11.4 Å². The van der Waals surface area contributed by atoms with Crippen LogP contribution in [0.15, 0.2) is 28.8 Å². The average molecular weight is 383 g/mol. The molecule has 0 atom stereocenters. The quantitative estimate of drug-likeness (QED) is 0.855. The Hall–Kier alpha value is -1.64. The molecule has 2 aromatic rings. The van der Waals surface area contributed by atoms with Gasteiger partial charge >= 0.3 is 6.01 Å². The van der Waals surface area contributed by atoms with Gasteiger partial charge in [0.05, 0.1) is 5.25 Å². The van der Waals surface area contributed by atoms with E-state index in [1.807, 2.05) is 12.1 Å². The van der Waals surface area contributed by atoms with E-state index in [1.54, 1.807) is 16.4 Å². The second-order valence-electron chi connectivity index (χ2n) is 6.50. The lowest BCUT2D eigenvalue weighted by atomic mass is 10.1. The molecule has 2 fully saturated rings. The smallest absolute Gasteiger partial charge is 0.322 e. The molecule has 1 saturated carbocycles. The van der Waals surface area contributed by atoms with Crippen LogP contribution < -0.4 is 5.32 Å². The first-order chi connectivity index (χ1) is 12.0. The number of benzene rings is 1. The molecule has 0 amide bonds. The normalized spacial score (nSPS) is 19.9. The van der Waals surface area contributed by atoms with Gasteiger partial charge in [0.1, 0.15) is 0 Å². The van der Waals surface area contributed by atoms with Gasteiger partial charge in [0.2, 0.25) is 15.8 Å².